The Morgan fingerprint density at radius 2 is 1.34 bits per heavy atom. The van der Waals surface area contributed by atoms with Crippen LogP contribution in [-0.2, 0) is 6.54 Å². The zero-order chi connectivity index (χ0) is 54.3. The van der Waals surface area contributed by atoms with Gasteiger partial charge in [-0.3, -0.25) is 19.8 Å². The number of hydrogen-bond donors (Lipinski definition) is 3. The molecule has 3 atom stereocenters. The lowest BCUT2D eigenvalue weighted by Crippen LogP contribution is -2.46. The van der Waals surface area contributed by atoms with E-state index in [1.807, 2.05) is 78.6 Å². The molecule has 18 heteroatoms. The Labute approximate surface area is 460 Å². The third-order valence-electron chi connectivity index (χ3n) is 18.0. The summed E-state index contributed by atoms with van der Waals surface area (Å²) < 4.78 is 64.6. The molecule has 0 bridgehead atoms. The van der Waals surface area contributed by atoms with Crippen LogP contribution in [-0.4, -0.2) is 112 Å². The highest BCUT2D eigenvalue weighted by atomic mass is 19.1. The van der Waals surface area contributed by atoms with Crippen molar-refractivity contribution in [2.24, 2.45) is 0 Å². The molecule has 5 aliphatic rings. The number of β-amino-alcohol motifs (C(OH)–C–C–N with tert-alkyl or cyclic N) is 1. The molecule has 5 saturated heterocycles. The van der Waals surface area contributed by atoms with Crippen LogP contribution < -0.4 is 25.4 Å². The molecule has 80 heavy (non-hydrogen) atoms. The Kier molecular flexibility index (Phi) is 12.5. The van der Waals surface area contributed by atoms with Crippen LogP contribution in [0.4, 0.5) is 30.6 Å². The third kappa shape index (κ3) is 8.64. The lowest BCUT2D eigenvalue weighted by Gasteiger charge is -2.38. The number of aromatic nitrogens is 7. The Bertz CT molecular complexity index is 3910. The lowest BCUT2D eigenvalue weighted by molar-refractivity contribution is 0.0447. The first-order chi connectivity index (χ1) is 38.9. The maximum Gasteiger partial charge on any atom is 0.319 e. The number of halogens is 3. The Morgan fingerprint density at radius 1 is 0.662 bits per heavy atom. The van der Waals surface area contributed by atoms with Gasteiger partial charge in [0.2, 0.25) is 0 Å². The smallest absolute Gasteiger partial charge is 0.319 e. The highest BCUT2D eigenvalue weighted by molar-refractivity contribution is 6.01. The zero-order valence-corrected chi connectivity index (χ0v) is 44.6. The molecule has 4 aromatic carbocycles. The minimum atomic E-state index is -0.974. The summed E-state index contributed by atoms with van der Waals surface area (Å²) in [6.07, 6.45) is 13.6. The fraction of sp³-hybridized carbons (Fsp3) is 0.371. The van der Waals surface area contributed by atoms with E-state index in [1.54, 1.807) is 24.5 Å². The second-order valence-electron chi connectivity index (χ2n) is 22.9. The van der Waals surface area contributed by atoms with Crippen molar-refractivity contribution < 1.29 is 27.8 Å². The number of fused-ring (bicyclic) bond motifs is 6. The Balaban J connectivity index is 0.791. The van der Waals surface area contributed by atoms with Gasteiger partial charge in [-0.15, -0.1) is 0 Å². The number of anilines is 3. The number of piperidine rings is 1. The van der Waals surface area contributed by atoms with Gasteiger partial charge in [-0.25, -0.2) is 18.2 Å². The highest BCUT2D eigenvalue weighted by Gasteiger charge is 2.51. The van der Waals surface area contributed by atoms with E-state index in [0.29, 0.717) is 70.9 Å². The van der Waals surface area contributed by atoms with Gasteiger partial charge >= 0.3 is 12.0 Å². The van der Waals surface area contributed by atoms with Crippen LogP contribution in [0, 0.1) is 17.5 Å². The molecule has 15 nitrogen and oxygen atoms in total. The number of benzene rings is 4. The Morgan fingerprint density at radius 3 is 2.15 bits per heavy atom. The lowest BCUT2D eigenvalue weighted by atomic mass is 9.92. The summed E-state index contributed by atoms with van der Waals surface area (Å²) in [5.74, 6) is -0.658. The van der Waals surface area contributed by atoms with Gasteiger partial charge in [0, 0.05) is 66.3 Å². The summed E-state index contributed by atoms with van der Waals surface area (Å²) in [7, 11) is 0. The van der Waals surface area contributed by atoms with E-state index in [-0.39, 0.29) is 64.6 Å². The molecular weight excluding hydrogens is 1020 g/mol. The van der Waals surface area contributed by atoms with Gasteiger partial charge < -0.3 is 30.5 Å². The number of nitrogens with one attached hydrogen (secondary N) is 1. The quantitative estimate of drug-likeness (QED) is 0.0993. The van der Waals surface area contributed by atoms with E-state index in [4.69, 9.17) is 45.1 Å². The fourth-order valence-corrected chi connectivity index (χ4v) is 14.1. The molecule has 0 saturated carbocycles. The van der Waals surface area contributed by atoms with E-state index < -0.39 is 28.6 Å². The summed E-state index contributed by atoms with van der Waals surface area (Å²) in [4.78, 5) is 39.8. The minimum Gasteiger partial charge on any atom is -0.461 e. The molecular formula is C62H61F3N12O3. The van der Waals surface area contributed by atoms with Crippen molar-refractivity contribution in [3.8, 4) is 34.5 Å². The van der Waals surface area contributed by atoms with Gasteiger partial charge in [-0.2, -0.15) is 19.9 Å². The van der Waals surface area contributed by atoms with Crippen LogP contribution in [0.25, 0.3) is 65.9 Å². The molecule has 5 aromatic heterocycles. The van der Waals surface area contributed by atoms with Crippen LogP contribution in [0.2, 0.25) is 0 Å². The molecule has 0 amide bonds. The van der Waals surface area contributed by atoms with Crippen LogP contribution in [0.3, 0.4) is 0 Å². The number of aliphatic hydroxyl groups is 1. The number of nitrogen functional groups attached to an aromatic ring is 1. The van der Waals surface area contributed by atoms with Crippen molar-refractivity contribution in [2.45, 2.75) is 100 Å². The van der Waals surface area contributed by atoms with Gasteiger partial charge in [-0.1, -0.05) is 72.8 Å². The van der Waals surface area contributed by atoms with E-state index in [1.165, 1.54) is 12.3 Å². The fourth-order valence-electron chi connectivity index (χ4n) is 14.1. The van der Waals surface area contributed by atoms with Crippen molar-refractivity contribution >= 4 is 60.8 Å². The molecule has 5 fully saturated rings. The molecule has 14 rings (SSSR count). The molecule has 9 aromatic rings. The van der Waals surface area contributed by atoms with Crippen LogP contribution >= 0.6 is 0 Å². The zero-order valence-electron chi connectivity index (χ0n) is 44.6. The normalized spacial score (nSPS) is 22.0. The summed E-state index contributed by atoms with van der Waals surface area (Å²) in [5.41, 5.74) is 7.51. The molecule has 10 heterocycles. The van der Waals surface area contributed by atoms with Crippen molar-refractivity contribution in [3.63, 3.8) is 0 Å². The molecule has 408 valence electrons. The van der Waals surface area contributed by atoms with Gasteiger partial charge in [0.05, 0.1) is 27.5 Å². The number of nitrogens with zero attached hydrogens (tertiary/aromatic N) is 10. The van der Waals surface area contributed by atoms with E-state index >= 15 is 13.2 Å². The van der Waals surface area contributed by atoms with Crippen molar-refractivity contribution in [1.82, 2.24) is 44.7 Å². The number of nitrogens with two attached hydrogens (primary N) is 1. The standard InChI is InChI=1S/C62H61F3N12O3/c1-60(78)21-7-27-75(34-60)57-45-33-69-51(42-16-4-12-37-11-2-3-14-39(37)42)49(64)54(45)72-59(74-57)80-36-62-24-10-30-77(62)47(20-25-62)40-18-19-46(63)48-41(40)15-5-17-43(48)52-50(65)53-44(32-68-52)56(70-31-38-13-6-26-67-55(38)66)73-58(71-53)79-35-61-22-8-28-76(61)29-9-23-61/h2-6,11-19,26,32-33,47,78H,7-10,20-25,27-31,34-36H2,1H3,(H2,66,67)(H,70,71,73). The Hall–Kier alpha value is -7.80. The number of pyridine rings is 3. The molecule has 3 unspecified atom stereocenters. The summed E-state index contributed by atoms with van der Waals surface area (Å²) in [6, 6.07) is 25.9. The van der Waals surface area contributed by atoms with Gasteiger partial charge in [0.1, 0.15) is 58.9 Å². The van der Waals surface area contributed by atoms with Crippen LogP contribution in [0.1, 0.15) is 88.3 Å². The average molecular weight is 1080 g/mol. The maximum absolute atomic E-state index is 17.6. The molecule has 5 aliphatic heterocycles. The van der Waals surface area contributed by atoms with E-state index in [0.717, 1.165) is 99.3 Å². The van der Waals surface area contributed by atoms with Gasteiger partial charge in [0.25, 0.3) is 0 Å². The summed E-state index contributed by atoms with van der Waals surface area (Å²) in [5, 5.41) is 18.1. The molecule has 0 aliphatic carbocycles. The monoisotopic (exact) mass is 1080 g/mol. The number of rotatable bonds is 13. The number of hydrogen-bond acceptors (Lipinski definition) is 15. The number of ether oxygens (including phenoxy) is 2. The summed E-state index contributed by atoms with van der Waals surface area (Å²) >= 11 is 0. The summed E-state index contributed by atoms with van der Waals surface area (Å²) in [6.45, 7) is 6.38. The van der Waals surface area contributed by atoms with Crippen LogP contribution in [0.5, 0.6) is 12.0 Å². The van der Waals surface area contributed by atoms with E-state index in [2.05, 4.69) is 20.1 Å². The first-order valence-corrected chi connectivity index (χ1v) is 28.1. The molecule has 0 spiro atoms. The predicted octanol–water partition coefficient (Wildman–Crippen LogP) is 11.1. The average Bonchev–Trinajstić information content (AvgIpc) is 4.36. The molecule has 4 N–H and O–H groups in total. The van der Waals surface area contributed by atoms with Crippen LogP contribution in [0.15, 0.2) is 104 Å². The second-order valence-corrected chi connectivity index (χ2v) is 22.9. The topological polar surface area (TPSA) is 177 Å². The first kappa shape index (κ1) is 50.4. The van der Waals surface area contributed by atoms with Crippen molar-refractivity contribution in [3.05, 3.63) is 132 Å². The van der Waals surface area contributed by atoms with E-state index in [9.17, 15) is 5.11 Å². The third-order valence-corrected chi connectivity index (χ3v) is 18.0. The molecule has 0 radical (unpaired) electrons. The first-order valence-electron chi connectivity index (χ1n) is 28.1. The largest absolute Gasteiger partial charge is 0.461 e. The SMILES string of the molecule is CC1(O)CCCN(c2nc(OCC34CCCN3C(c3ccc(F)c5c(-c6ncc7c(NCc8cccnc8N)nc(OCC89CCCN8CCC9)nc7c6F)cccc35)CC4)nc3c(F)c(-c4cccc5ccccc45)ncc23)C1. The second kappa shape index (κ2) is 19.8. The maximum atomic E-state index is 17.6. The van der Waals surface area contributed by atoms with Crippen molar-refractivity contribution in [2.75, 3.05) is 61.9 Å². The predicted molar refractivity (Wildman–Crippen MR) is 303 cm³/mol. The minimum absolute atomic E-state index is 0.00459. The van der Waals surface area contributed by atoms with Crippen molar-refractivity contribution in [1.29, 1.82) is 0 Å². The van der Waals surface area contributed by atoms with Gasteiger partial charge in [-0.05, 0) is 125 Å². The van der Waals surface area contributed by atoms with Gasteiger partial charge in [0.15, 0.2) is 11.6 Å². The highest BCUT2D eigenvalue weighted by Crippen LogP contribution is 2.51.